The van der Waals surface area contributed by atoms with E-state index in [-0.39, 0.29) is 0 Å². The second-order valence-corrected chi connectivity index (χ2v) is 4.72. The number of fused-ring (bicyclic) bond motifs is 1. The molecule has 6 nitrogen and oxygen atoms in total. The number of rotatable bonds is 2. The Balaban J connectivity index is 2.10. The number of imidazole rings is 1. The fourth-order valence-electron chi connectivity index (χ4n) is 2.28. The molecule has 3 aromatic rings. The lowest BCUT2D eigenvalue weighted by Crippen LogP contribution is -2.19. The summed E-state index contributed by atoms with van der Waals surface area (Å²) >= 11 is 0. The number of aromatic nitrogens is 4. The van der Waals surface area contributed by atoms with E-state index in [9.17, 15) is 4.79 Å². The lowest BCUT2D eigenvalue weighted by molar-refractivity contribution is 0.248. The monoisotopic (exact) mass is 269 g/mol. The summed E-state index contributed by atoms with van der Waals surface area (Å²) in [6.07, 6.45) is 2.49. The average Bonchev–Trinajstić information content (AvgIpc) is 3.03. The van der Waals surface area contributed by atoms with E-state index in [2.05, 4.69) is 41.0 Å². The lowest BCUT2D eigenvalue weighted by Gasteiger charge is -2.01. The van der Waals surface area contributed by atoms with Crippen molar-refractivity contribution in [3.8, 4) is 11.5 Å². The van der Waals surface area contributed by atoms with Crippen LogP contribution in [0.5, 0.6) is 0 Å². The van der Waals surface area contributed by atoms with Gasteiger partial charge in [0, 0.05) is 6.20 Å². The SMILES string of the molecule is CCc1cc2nc(-c3ccn(C(N)=O)n3)[nH]c2cc1C. The fraction of sp³-hybridized carbons (Fsp3) is 0.214. The van der Waals surface area contributed by atoms with Crippen molar-refractivity contribution in [2.45, 2.75) is 20.3 Å². The van der Waals surface area contributed by atoms with Gasteiger partial charge in [0.2, 0.25) is 0 Å². The zero-order valence-electron chi connectivity index (χ0n) is 11.3. The minimum absolute atomic E-state index is 0.593. The third-order valence-corrected chi connectivity index (χ3v) is 3.38. The first kappa shape index (κ1) is 12.4. The molecule has 2 aromatic heterocycles. The Bertz CT molecular complexity index is 799. The standard InChI is InChI=1S/C14H15N5O/c1-3-9-7-12-11(6-8(9)2)16-13(17-12)10-4-5-19(18-10)14(15)20/h4-7H,3H2,1-2H3,(H2,15,20)(H,16,17). The van der Waals surface area contributed by atoms with Crippen molar-refractivity contribution < 1.29 is 4.79 Å². The van der Waals surface area contributed by atoms with Crippen LogP contribution in [-0.4, -0.2) is 25.8 Å². The largest absolute Gasteiger partial charge is 0.350 e. The molecule has 0 saturated carbocycles. The molecule has 20 heavy (non-hydrogen) atoms. The van der Waals surface area contributed by atoms with Crippen LogP contribution in [0.1, 0.15) is 18.1 Å². The van der Waals surface area contributed by atoms with Crippen molar-refractivity contribution >= 4 is 17.1 Å². The van der Waals surface area contributed by atoms with Crippen molar-refractivity contribution in [3.63, 3.8) is 0 Å². The van der Waals surface area contributed by atoms with Crippen LogP contribution in [0.25, 0.3) is 22.6 Å². The van der Waals surface area contributed by atoms with Gasteiger partial charge in [-0.25, -0.2) is 9.78 Å². The van der Waals surface area contributed by atoms with Crippen LogP contribution in [-0.2, 0) is 6.42 Å². The summed E-state index contributed by atoms with van der Waals surface area (Å²) < 4.78 is 1.09. The molecular weight excluding hydrogens is 254 g/mol. The first-order valence-electron chi connectivity index (χ1n) is 6.43. The summed E-state index contributed by atoms with van der Waals surface area (Å²) in [6.45, 7) is 4.21. The molecule has 0 atom stereocenters. The number of H-pyrrole nitrogens is 1. The zero-order chi connectivity index (χ0) is 14.3. The highest BCUT2D eigenvalue weighted by atomic mass is 16.2. The molecule has 6 heteroatoms. The maximum absolute atomic E-state index is 11.0. The molecule has 0 aliphatic heterocycles. The molecule has 1 aromatic carbocycles. The molecule has 0 spiro atoms. The van der Waals surface area contributed by atoms with Crippen molar-refractivity contribution in [1.29, 1.82) is 0 Å². The first-order valence-corrected chi connectivity index (χ1v) is 6.43. The van der Waals surface area contributed by atoms with Gasteiger partial charge in [-0.05, 0) is 42.7 Å². The Labute approximate surface area is 115 Å². The van der Waals surface area contributed by atoms with Gasteiger partial charge in [-0.1, -0.05) is 6.92 Å². The number of carbonyl (C=O) groups excluding carboxylic acids is 1. The predicted molar refractivity (Wildman–Crippen MR) is 76.4 cm³/mol. The van der Waals surface area contributed by atoms with Crippen LogP contribution < -0.4 is 5.73 Å². The quantitative estimate of drug-likeness (QED) is 0.747. The predicted octanol–water partition coefficient (Wildman–Crippen LogP) is 2.22. The van der Waals surface area contributed by atoms with Crippen LogP contribution in [0, 0.1) is 6.92 Å². The fourth-order valence-corrected chi connectivity index (χ4v) is 2.28. The van der Waals surface area contributed by atoms with Gasteiger partial charge in [-0.15, -0.1) is 0 Å². The topological polar surface area (TPSA) is 89.6 Å². The third-order valence-electron chi connectivity index (χ3n) is 3.38. The molecule has 0 aliphatic rings. The van der Waals surface area contributed by atoms with Gasteiger partial charge in [0.25, 0.3) is 0 Å². The van der Waals surface area contributed by atoms with Crippen molar-refractivity contribution in [1.82, 2.24) is 19.7 Å². The van der Waals surface area contributed by atoms with Gasteiger partial charge in [-0.2, -0.15) is 9.78 Å². The highest BCUT2D eigenvalue weighted by Gasteiger charge is 2.11. The average molecular weight is 269 g/mol. The van der Waals surface area contributed by atoms with E-state index in [1.807, 2.05) is 0 Å². The minimum Gasteiger partial charge on any atom is -0.350 e. The first-order chi connectivity index (χ1) is 9.58. The molecule has 0 unspecified atom stereocenters. The van der Waals surface area contributed by atoms with Crippen molar-refractivity contribution in [2.75, 3.05) is 0 Å². The van der Waals surface area contributed by atoms with Gasteiger partial charge in [-0.3, -0.25) is 0 Å². The van der Waals surface area contributed by atoms with Crippen LogP contribution in [0.3, 0.4) is 0 Å². The number of benzene rings is 1. The summed E-state index contributed by atoms with van der Waals surface area (Å²) in [5.74, 6) is 0.632. The van der Waals surface area contributed by atoms with Crippen LogP contribution in [0.15, 0.2) is 24.4 Å². The van der Waals surface area contributed by atoms with E-state index in [1.165, 1.54) is 17.3 Å². The molecule has 0 saturated heterocycles. The Kier molecular flexibility index (Phi) is 2.78. The van der Waals surface area contributed by atoms with Crippen molar-refractivity contribution in [2.24, 2.45) is 5.73 Å². The van der Waals surface area contributed by atoms with Gasteiger partial charge in [0.05, 0.1) is 11.0 Å². The maximum Gasteiger partial charge on any atom is 0.339 e. The highest BCUT2D eigenvalue weighted by molar-refractivity contribution is 5.81. The molecule has 2 heterocycles. The summed E-state index contributed by atoms with van der Waals surface area (Å²) in [5.41, 5.74) is 10.1. The molecule has 102 valence electrons. The summed E-state index contributed by atoms with van der Waals surface area (Å²) in [6, 6.07) is 5.25. The van der Waals surface area contributed by atoms with E-state index >= 15 is 0 Å². The van der Waals surface area contributed by atoms with E-state index in [1.54, 1.807) is 6.07 Å². The lowest BCUT2D eigenvalue weighted by atomic mass is 10.1. The van der Waals surface area contributed by atoms with Crippen LogP contribution in [0.2, 0.25) is 0 Å². The number of nitrogens with two attached hydrogens (primary N) is 1. The van der Waals surface area contributed by atoms with E-state index in [0.717, 1.165) is 22.1 Å². The molecule has 0 bridgehead atoms. The number of hydrogen-bond acceptors (Lipinski definition) is 3. The molecule has 0 aliphatic carbocycles. The Morgan fingerprint density at radius 3 is 2.90 bits per heavy atom. The number of nitrogens with one attached hydrogen (secondary N) is 1. The number of amides is 1. The maximum atomic E-state index is 11.0. The third kappa shape index (κ3) is 1.95. The van der Waals surface area contributed by atoms with Crippen LogP contribution in [0.4, 0.5) is 4.79 Å². The smallest absolute Gasteiger partial charge is 0.339 e. The zero-order valence-corrected chi connectivity index (χ0v) is 11.3. The highest BCUT2D eigenvalue weighted by Crippen LogP contribution is 2.22. The number of aryl methyl sites for hydroxylation is 2. The Hall–Kier alpha value is -2.63. The summed E-state index contributed by atoms with van der Waals surface area (Å²) in [4.78, 5) is 18.8. The van der Waals surface area contributed by atoms with Gasteiger partial charge in [0.1, 0.15) is 5.69 Å². The summed E-state index contributed by atoms with van der Waals surface area (Å²) in [7, 11) is 0. The Morgan fingerprint density at radius 2 is 2.25 bits per heavy atom. The number of aromatic amines is 1. The van der Waals surface area contributed by atoms with E-state index in [4.69, 9.17) is 5.73 Å². The molecule has 3 N–H and O–H groups in total. The minimum atomic E-state index is -0.614. The molecule has 0 radical (unpaired) electrons. The van der Waals surface area contributed by atoms with Gasteiger partial charge >= 0.3 is 6.03 Å². The van der Waals surface area contributed by atoms with Gasteiger partial charge in [0.15, 0.2) is 5.82 Å². The van der Waals surface area contributed by atoms with Gasteiger partial charge < -0.3 is 10.7 Å². The number of primary amides is 1. The molecule has 0 fully saturated rings. The van der Waals surface area contributed by atoms with E-state index in [0.29, 0.717) is 11.5 Å². The normalized spacial score (nSPS) is 11.1. The summed E-state index contributed by atoms with van der Waals surface area (Å²) in [5, 5.41) is 4.09. The number of nitrogens with zero attached hydrogens (tertiary/aromatic N) is 3. The number of carbonyl (C=O) groups is 1. The number of hydrogen-bond donors (Lipinski definition) is 2. The molecule has 1 amide bonds. The van der Waals surface area contributed by atoms with Crippen molar-refractivity contribution in [3.05, 3.63) is 35.5 Å². The van der Waals surface area contributed by atoms with E-state index < -0.39 is 6.03 Å². The molecular formula is C14H15N5O. The van der Waals surface area contributed by atoms with Crippen LogP contribution >= 0.6 is 0 Å². The Morgan fingerprint density at radius 1 is 1.45 bits per heavy atom. The second kappa shape index (κ2) is 4.48. The second-order valence-electron chi connectivity index (χ2n) is 4.72. The molecule has 3 rings (SSSR count).